The van der Waals surface area contributed by atoms with Crippen LogP contribution in [0.15, 0.2) is 47.5 Å². The number of rotatable bonds is 7. The van der Waals surface area contributed by atoms with E-state index in [1.807, 2.05) is 18.2 Å². The molecule has 0 bridgehead atoms. The summed E-state index contributed by atoms with van der Waals surface area (Å²) in [5.74, 6) is 2.28. The van der Waals surface area contributed by atoms with Crippen molar-refractivity contribution in [2.24, 2.45) is 4.99 Å². The van der Waals surface area contributed by atoms with Crippen LogP contribution in [0.2, 0.25) is 0 Å². The smallest absolute Gasteiger partial charge is 0.195 e. The molecule has 0 unspecified atom stereocenters. The Morgan fingerprint density at radius 3 is 2.40 bits per heavy atom. The molecular weight excluding hydrogens is 491 g/mol. The Labute approximate surface area is 197 Å². The van der Waals surface area contributed by atoms with Gasteiger partial charge < -0.3 is 20.1 Å². The van der Waals surface area contributed by atoms with Crippen molar-refractivity contribution >= 4 is 35.6 Å². The molecule has 0 aliphatic carbocycles. The van der Waals surface area contributed by atoms with Gasteiger partial charge in [-0.3, -0.25) is 9.89 Å². The van der Waals surface area contributed by atoms with Crippen LogP contribution in [0.4, 0.5) is 5.69 Å². The Hall–Kier alpha value is -2.00. The first-order valence-corrected chi connectivity index (χ1v) is 10.4. The monoisotopic (exact) mass is 524 g/mol. The lowest BCUT2D eigenvalue weighted by Crippen LogP contribution is -2.31. The molecule has 0 radical (unpaired) electrons. The first-order valence-electron chi connectivity index (χ1n) is 10.4. The largest absolute Gasteiger partial charge is 0.490 e. The highest BCUT2D eigenvalue weighted by Gasteiger charge is 2.12. The van der Waals surface area contributed by atoms with Crippen LogP contribution < -0.4 is 20.1 Å². The van der Waals surface area contributed by atoms with E-state index in [1.165, 1.54) is 11.1 Å². The average Bonchev–Trinajstić information content (AvgIpc) is 3.00. The molecule has 1 aliphatic rings. The zero-order chi connectivity index (χ0) is 20.5. The van der Waals surface area contributed by atoms with Crippen LogP contribution >= 0.6 is 24.0 Å². The van der Waals surface area contributed by atoms with Crippen molar-refractivity contribution in [2.75, 3.05) is 38.7 Å². The van der Waals surface area contributed by atoms with Crippen molar-refractivity contribution in [1.82, 2.24) is 10.2 Å². The van der Waals surface area contributed by atoms with Crippen molar-refractivity contribution in [3.05, 3.63) is 53.6 Å². The highest BCUT2D eigenvalue weighted by atomic mass is 127. The number of guanidine groups is 1. The van der Waals surface area contributed by atoms with Crippen molar-refractivity contribution < 1.29 is 9.47 Å². The maximum Gasteiger partial charge on any atom is 0.195 e. The molecule has 164 valence electrons. The van der Waals surface area contributed by atoms with Gasteiger partial charge in [-0.2, -0.15) is 0 Å². The van der Waals surface area contributed by atoms with Crippen LogP contribution in [0, 0.1) is 0 Å². The zero-order valence-electron chi connectivity index (χ0n) is 18.1. The summed E-state index contributed by atoms with van der Waals surface area (Å²) in [6.45, 7) is 9.53. The molecule has 0 atom stereocenters. The van der Waals surface area contributed by atoms with E-state index in [2.05, 4.69) is 58.6 Å². The SMILES string of the molecule is CCN(CC)Cc1ccccc1CNC(=NC)Nc1ccc2c(c1)OCCCO2.I. The fourth-order valence-electron chi connectivity index (χ4n) is 3.31. The summed E-state index contributed by atoms with van der Waals surface area (Å²) in [5.41, 5.74) is 3.54. The number of fused-ring (bicyclic) bond motifs is 1. The molecule has 2 aromatic carbocycles. The maximum absolute atomic E-state index is 5.78. The molecule has 2 aromatic rings. The van der Waals surface area contributed by atoms with E-state index >= 15 is 0 Å². The third-order valence-electron chi connectivity index (χ3n) is 5.09. The highest BCUT2D eigenvalue weighted by molar-refractivity contribution is 14.0. The van der Waals surface area contributed by atoms with Gasteiger partial charge >= 0.3 is 0 Å². The average molecular weight is 524 g/mol. The van der Waals surface area contributed by atoms with Gasteiger partial charge in [-0.15, -0.1) is 24.0 Å². The fraction of sp³-hybridized carbons (Fsp3) is 0.435. The van der Waals surface area contributed by atoms with Crippen LogP contribution in [0.25, 0.3) is 0 Å². The number of nitrogens with one attached hydrogen (secondary N) is 2. The Bertz CT molecular complexity index is 825. The van der Waals surface area contributed by atoms with Crippen LogP contribution in [-0.2, 0) is 13.1 Å². The predicted molar refractivity (Wildman–Crippen MR) is 134 cm³/mol. The summed E-state index contributed by atoms with van der Waals surface area (Å²) in [7, 11) is 1.78. The molecule has 0 amide bonds. The van der Waals surface area contributed by atoms with Crippen molar-refractivity contribution in [1.29, 1.82) is 0 Å². The number of halogens is 1. The second-order valence-electron chi connectivity index (χ2n) is 6.99. The number of hydrogen-bond acceptors (Lipinski definition) is 4. The number of anilines is 1. The van der Waals surface area contributed by atoms with E-state index < -0.39 is 0 Å². The molecule has 30 heavy (non-hydrogen) atoms. The molecule has 1 aliphatic heterocycles. The van der Waals surface area contributed by atoms with Gasteiger partial charge in [-0.25, -0.2) is 0 Å². The van der Waals surface area contributed by atoms with E-state index in [0.717, 1.165) is 49.2 Å². The first-order chi connectivity index (χ1) is 14.2. The van der Waals surface area contributed by atoms with E-state index in [-0.39, 0.29) is 24.0 Å². The van der Waals surface area contributed by atoms with E-state index in [0.29, 0.717) is 19.8 Å². The Morgan fingerprint density at radius 1 is 1.00 bits per heavy atom. The van der Waals surface area contributed by atoms with Gasteiger partial charge in [-0.1, -0.05) is 38.1 Å². The lowest BCUT2D eigenvalue weighted by atomic mass is 10.1. The quantitative estimate of drug-likeness (QED) is 0.318. The Kier molecular flexibility index (Phi) is 10.2. The minimum atomic E-state index is 0. The molecule has 1 heterocycles. The van der Waals surface area contributed by atoms with Gasteiger partial charge in [-0.05, 0) is 36.3 Å². The number of ether oxygens (including phenoxy) is 2. The maximum atomic E-state index is 5.78. The predicted octanol–water partition coefficient (Wildman–Crippen LogP) is 4.50. The fourth-order valence-corrected chi connectivity index (χ4v) is 3.31. The molecule has 0 aromatic heterocycles. The lowest BCUT2D eigenvalue weighted by Gasteiger charge is -2.21. The van der Waals surface area contributed by atoms with E-state index in [4.69, 9.17) is 9.47 Å². The second kappa shape index (κ2) is 12.6. The topological polar surface area (TPSA) is 58.1 Å². The molecule has 0 spiro atoms. The summed E-state index contributed by atoms with van der Waals surface area (Å²) >= 11 is 0. The van der Waals surface area contributed by atoms with Gasteiger partial charge in [0.15, 0.2) is 17.5 Å². The number of benzene rings is 2. The number of nitrogens with zero attached hydrogens (tertiary/aromatic N) is 2. The normalized spacial score (nSPS) is 13.4. The summed E-state index contributed by atoms with van der Waals surface area (Å²) < 4.78 is 11.5. The molecule has 6 nitrogen and oxygen atoms in total. The van der Waals surface area contributed by atoms with Crippen LogP contribution in [0.5, 0.6) is 11.5 Å². The summed E-state index contributed by atoms with van der Waals surface area (Å²) in [6.07, 6.45) is 0.896. The van der Waals surface area contributed by atoms with Crippen LogP contribution in [-0.4, -0.2) is 44.2 Å². The molecule has 0 saturated carbocycles. The minimum Gasteiger partial charge on any atom is -0.490 e. The van der Waals surface area contributed by atoms with Crippen molar-refractivity contribution in [3.8, 4) is 11.5 Å². The van der Waals surface area contributed by atoms with E-state index in [1.54, 1.807) is 7.05 Å². The molecular formula is C23H33IN4O2. The molecule has 0 saturated heterocycles. The summed E-state index contributed by atoms with van der Waals surface area (Å²) in [5, 5.41) is 6.77. The third kappa shape index (κ3) is 6.77. The van der Waals surface area contributed by atoms with Gasteiger partial charge in [0.2, 0.25) is 0 Å². The standard InChI is InChI=1S/C23H32N4O2.HI/c1-4-27(5-2)17-19-10-7-6-9-18(19)16-25-23(24-3)26-20-11-12-21-22(15-20)29-14-8-13-28-21;/h6-7,9-12,15H,4-5,8,13-14,16-17H2,1-3H3,(H2,24,25,26);1H. The highest BCUT2D eigenvalue weighted by Crippen LogP contribution is 2.32. The second-order valence-corrected chi connectivity index (χ2v) is 6.99. The molecule has 7 heteroatoms. The Morgan fingerprint density at radius 2 is 1.70 bits per heavy atom. The molecule has 3 rings (SSSR count). The van der Waals surface area contributed by atoms with Gasteiger partial charge in [0.1, 0.15) is 0 Å². The first kappa shape index (κ1) is 24.3. The zero-order valence-corrected chi connectivity index (χ0v) is 20.4. The van der Waals surface area contributed by atoms with Crippen molar-refractivity contribution in [3.63, 3.8) is 0 Å². The summed E-state index contributed by atoms with van der Waals surface area (Å²) in [4.78, 5) is 6.78. The van der Waals surface area contributed by atoms with Crippen LogP contribution in [0.3, 0.4) is 0 Å². The molecule has 0 fully saturated rings. The third-order valence-corrected chi connectivity index (χ3v) is 5.09. The van der Waals surface area contributed by atoms with Gasteiger partial charge in [0.25, 0.3) is 0 Å². The summed E-state index contributed by atoms with van der Waals surface area (Å²) in [6, 6.07) is 14.4. The number of aliphatic imine (C=N–C) groups is 1. The van der Waals surface area contributed by atoms with Crippen LogP contribution in [0.1, 0.15) is 31.4 Å². The molecule has 2 N–H and O–H groups in total. The van der Waals surface area contributed by atoms with Gasteiger partial charge in [0, 0.05) is 38.3 Å². The lowest BCUT2D eigenvalue weighted by molar-refractivity contribution is 0.295. The van der Waals surface area contributed by atoms with Crippen molar-refractivity contribution in [2.45, 2.75) is 33.4 Å². The minimum absolute atomic E-state index is 0. The van der Waals surface area contributed by atoms with E-state index in [9.17, 15) is 0 Å². The number of hydrogen-bond donors (Lipinski definition) is 2. The Balaban J connectivity index is 0.00000320. The van der Waals surface area contributed by atoms with Gasteiger partial charge in [0.05, 0.1) is 13.2 Å².